The van der Waals surface area contributed by atoms with Crippen LogP contribution in [0.3, 0.4) is 0 Å². The summed E-state index contributed by atoms with van der Waals surface area (Å²) in [6.07, 6.45) is 6.71. The van der Waals surface area contributed by atoms with Crippen LogP contribution in [-0.4, -0.2) is 56.1 Å². The van der Waals surface area contributed by atoms with E-state index >= 15 is 0 Å². The van der Waals surface area contributed by atoms with Gasteiger partial charge in [0.15, 0.2) is 0 Å². The van der Waals surface area contributed by atoms with Gasteiger partial charge in [-0.05, 0) is 37.5 Å². The molecule has 1 aliphatic heterocycles. The first-order chi connectivity index (χ1) is 12.5. The molecule has 3 rings (SSSR count). The van der Waals surface area contributed by atoms with Crippen LogP contribution in [0.2, 0.25) is 0 Å². The lowest BCUT2D eigenvalue weighted by Gasteiger charge is -2.35. The van der Waals surface area contributed by atoms with Gasteiger partial charge < -0.3 is 14.4 Å². The van der Waals surface area contributed by atoms with E-state index in [2.05, 4.69) is 5.10 Å². The summed E-state index contributed by atoms with van der Waals surface area (Å²) in [6.45, 7) is 3.66. The van der Waals surface area contributed by atoms with Crippen molar-refractivity contribution in [2.75, 3.05) is 20.1 Å². The molecule has 140 valence electrons. The molecule has 0 aromatic carbocycles. The molecule has 7 nitrogen and oxygen atoms in total. The van der Waals surface area contributed by atoms with Crippen LogP contribution in [0.4, 0.5) is 0 Å². The van der Waals surface area contributed by atoms with E-state index in [1.165, 1.54) is 0 Å². The van der Waals surface area contributed by atoms with Gasteiger partial charge in [0.25, 0.3) is 5.91 Å². The predicted molar refractivity (Wildman–Crippen MR) is 98.6 cm³/mol. The Balaban J connectivity index is 1.73. The van der Waals surface area contributed by atoms with Crippen LogP contribution in [0.15, 0.2) is 30.6 Å². The van der Waals surface area contributed by atoms with E-state index in [-0.39, 0.29) is 17.9 Å². The summed E-state index contributed by atoms with van der Waals surface area (Å²) in [7, 11) is 3.72. The van der Waals surface area contributed by atoms with Crippen LogP contribution in [0.1, 0.15) is 48.4 Å². The number of piperidine rings is 1. The summed E-state index contributed by atoms with van der Waals surface area (Å²) in [5.41, 5.74) is 1.68. The van der Waals surface area contributed by atoms with Crippen molar-refractivity contribution in [3.63, 3.8) is 0 Å². The highest BCUT2D eigenvalue weighted by Gasteiger charge is 2.29. The Kier molecular flexibility index (Phi) is 5.44. The molecule has 1 atom stereocenters. The Labute approximate surface area is 154 Å². The van der Waals surface area contributed by atoms with Crippen LogP contribution in [0.25, 0.3) is 0 Å². The summed E-state index contributed by atoms with van der Waals surface area (Å²) in [6, 6.07) is 5.79. The van der Waals surface area contributed by atoms with Crippen molar-refractivity contribution in [2.45, 2.75) is 38.8 Å². The molecule has 1 aliphatic rings. The van der Waals surface area contributed by atoms with Crippen LogP contribution in [-0.2, 0) is 18.4 Å². The Morgan fingerprint density at radius 2 is 2.12 bits per heavy atom. The van der Waals surface area contributed by atoms with E-state index < -0.39 is 0 Å². The SMILES string of the molecule is CC(=O)N1CCCC[C@H]1c1ccc(C(=O)N(C)CCn2cccn2)n1C. The summed E-state index contributed by atoms with van der Waals surface area (Å²) in [5.74, 6) is 0.0798. The number of amides is 2. The second-order valence-corrected chi connectivity index (χ2v) is 6.92. The number of hydrogen-bond acceptors (Lipinski definition) is 3. The minimum absolute atomic E-state index is 0.0175. The van der Waals surface area contributed by atoms with Crippen molar-refractivity contribution in [3.8, 4) is 0 Å². The van der Waals surface area contributed by atoms with Gasteiger partial charge >= 0.3 is 0 Å². The molecule has 0 saturated carbocycles. The van der Waals surface area contributed by atoms with Gasteiger partial charge in [-0.15, -0.1) is 0 Å². The maximum Gasteiger partial charge on any atom is 0.270 e. The van der Waals surface area contributed by atoms with Crippen molar-refractivity contribution in [2.24, 2.45) is 7.05 Å². The fraction of sp³-hybridized carbons (Fsp3) is 0.526. The highest BCUT2D eigenvalue weighted by Crippen LogP contribution is 2.31. The zero-order valence-corrected chi connectivity index (χ0v) is 15.8. The van der Waals surface area contributed by atoms with Crippen LogP contribution in [0, 0.1) is 0 Å². The highest BCUT2D eigenvalue weighted by atomic mass is 16.2. The molecular formula is C19H27N5O2. The van der Waals surface area contributed by atoms with Gasteiger partial charge in [-0.3, -0.25) is 14.3 Å². The number of rotatable bonds is 5. The lowest BCUT2D eigenvalue weighted by atomic mass is 9.99. The molecule has 0 spiro atoms. The first-order valence-electron chi connectivity index (χ1n) is 9.14. The number of likely N-dealkylation sites (tertiary alicyclic amines) is 1. The molecule has 3 heterocycles. The van der Waals surface area contributed by atoms with Gasteiger partial charge in [0.1, 0.15) is 5.69 Å². The maximum absolute atomic E-state index is 12.8. The molecule has 1 fully saturated rings. The molecule has 0 bridgehead atoms. The zero-order chi connectivity index (χ0) is 18.7. The number of likely N-dealkylation sites (N-methyl/N-ethyl adjacent to an activating group) is 1. The molecule has 2 amide bonds. The molecule has 26 heavy (non-hydrogen) atoms. The standard InChI is InChI=1S/C19H27N5O2/c1-15(25)24-12-5-4-7-17(24)16-8-9-18(22(16)3)19(26)21(2)13-14-23-11-6-10-20-23/h6,8-11,17H,4-5,7,12-14H2,1-3H3/t17-/m0/s1. The molecule has 0 N–H and O–H groups in total. The van der Waals surface area contributed by atoms with E-state index in [1.807, 2.05) is 45.6 Å². The van der Waals surface area contributed by atoms with Gasteiger partial charge in [-0.25, -0.2) is 0 Å². The average Bonchev–Trinajstić information content (AvgIpc) is 3.28. The first kappa shape index (κ1) is 18.2. The number of hydrogen-bond donors (Lipinski definition) is 0. The minimum Gasteiger partial charge on any atom is -0.342 e. The Morgan fingerprint density at radius 3 is 2.81 bits per heavy atom. The number of carbonyl (C=O) groups is 2. The molecule has 0 aliphatic carbocycles. The zero-order valence-electron chi connectivity index (χ0n) is 15.8. The topological polar surface area (TPSA) is 63.4 Å². The number of aromatic nitrogens is 3. The predicted octanol–water partition coefficient (Wildman–Crippen LogP) is 2.07. The summed E-state index contributed by atoms with van der Waals surface area (Å²) in [4.78, 5) is 28.4. The number of nitrogens with zero attached hydrogens (tertiary/aromatic N) is 5. The normalized spacial score (nSPS) is 17.3. The van der Waals surface area contributed by atoms with E-state index in [4.69, 9.17) is 0 Å². The Hall–Kier alpha value is -2.57. The van der Waals surface area contributed by atoms with Crippen molar-refractivity contribution in [1.29, 1.82) is 0 Å². The van der Waals surface area contributed by atoms with Crippen molar-refractivity contribution < 1.29 is 9.59 Å². The lowest BCUT2D eigenvalue weighted by Crippen LogP contribution is -2.38. The summed E-state index contributed by atoms with van der Waals surface area (Å²) in [5, 5.41) is 4.16. The minimum atomic E-state index is -0.0175. The summed E-state index contributed by atoms with van der Waals surface area (Å²) >= 11 is 0. The Morgan fingerprint density at radius 1 is 1.31 bits per heavy atom. The van der Waals surface area contributed by atoms with Crippen LogP contribution < -0.4 is 0 Å². The maximum atomic E-state index is 12.8. The van der Waals surface area contributed by atoms with Gasteiger partial charge in [-0.1, -0.05) is 0 Å². The second kappa shape index (κ2) is 7.76. The fourth-order valence-electron chi connectivity index (χ4n) is 3.67. The molecule has 0 unspecified atom stereocenters. The first-order valence-corrected chi connectivity index (χ1v) is 9.14. The van der Waals surface area contributed by atoms with E-state index in [1.54, 1.807) is 25.1 Å². The van der Waals surface area contributed by atoms with Crippen molar-refractivity contribution in [3.05, 3.63) is 42.0 Å². The van der Waals surface area contributed by atoms with E-state index in [0.717, 1.165) is 31.5 Å². The molecule has 2 aromatic heterocycles. The third-order valence-electron chi connectivity index (χ3n) is 5.20. The second-order valence-electron chi connectivity index (χ2n) is 6.92. The smallest absolute Gasteiger partial charge is 0.270 e. The van der Waals surface area contributed by atoms with Crippen LogP contribution in [0.5, 0.6) is 0 Å². The third kappa shape index (κ3) is 3.66. The largest absolute Gasteiger partial charge is 0.342 e. The van der Waals surface area contributed by atoms with Gasteiger partial charge in [0.05, 0.1) is 12.6 Å². The molecule has 7 heteroatoms. The quantitative estimate of drug-likeness (QED) is 0.823. The van der Waals surface area contributed by atoms with Gasteiger partial charge in [0.2, 0.25) is 5.91 Å². The highest BCUT2D eigenvalue weighted by molar-refractivity contribution is 5.92. The van der Waals surface area contributed by atoms with Gasteiger partial charge in [-0.2, -0.15) is 5.10 Å². The van der Waals surface area contributed by atoms with Crippen molar-refractivity contribution in [1.82, 2.24) is 24.1 Å². The van der Waals surface area contributed by atoms with Crippen molar-refractivity contribution >= 4 is 11.8 Å². The lowest BCUT2D eigenvalue weighted by molar-refractivity contribution is -0.132. The van der Waals surface area contributed by atoms with Crippen LogP contribution >= 0.6 is 0 Å². The third-order valence-corrected chi connectivity index (χ3v) is 5.20. The number of carbonyl (C=O) groups excluding carboxylic acids is 2. The molecular weight excluding hydrogens is 330 g/mol. The monoisotopic (exact) mass is 357 g/mol. The van der Waals surface area contributed by atoms with Gasteiger partial charge in [0, 0.05) is 52.2 Å². The molecule has 1 saturated heterocycles. The fourth-order valence-corrected chi connectivity index (χ4v) is 3.67. The van der Waals surface area contributed by atoms with E-state index in [0.29, 0.717) is 18.8 Å². The van der Waals surface area contributed by atoms with E-state index in [9.17, 15) is 9.59 Å². The summed E-state index contributed by atoms with van der Waals surface area (Å²) < 4.78 is 3.76. The Bertz CT molecular complexity index is 765. The average molecular weight is 357 g/mol. The molecule has 2 aromatic rings. The molecule has 0 radical (unpaired) electrons.